The maximum atomic E-state index is 12.4. The number of nitrogens with two attached hydrogens (primary N) is 1. The van der Waals surface area contributed by atoms with Crippen LogP contribution in [0.5, 0.6) is 0 Å². The summed E-state index contributed by atoms with van der Waals surface area (Å²) < 4.78 is 0. The molecular weight excluding hydrogens is 212 g/mol. The zero-order chi connectivity index (χ0) is 12.4. The quantitative estimate of drug-likeness (QED) is 0.801. The molecular formula is C14H26N2O. The Morgan fingerprint density at radius 1 is 1.18 bits per heavy atom. The number of carbonyl (C=O) groups is 1. The third-order valence-electron chi connectivity index (χ3n) is 4.55. The highest BCUT2D eigenvalue weighted by atomic mass is 16.2. The first-order valence-electron chi connectivity index (χ1n) is 7.10. The Morgan fingerprint density at radius 2 is 1.82 bits per heavy atom. The standard InChI is InChI=1S/C14H26N2O/c1-10-7-11(9-12(15)8-10)14(17)16(2)13-5-3-4-6-13/h10-13H,3-9,15H2,1-2H3. The van der Waals surface area contributed by atoms with Gasteiger partial charge in [0.1, 0.15) is 0 Å². The van der Waals surface area contributed by atoms with Crippen molar-refractivity contribution in [2.45, 2.75) is 64.0 Å². The Balaban J connectivity index is 1.93. The van der Waals surface area contributed by atoms with E-state index in [1.54, 1.807) is 0 Å². The van der Waals surface area contributed by atoms with Crippen LogP contribution < -0.4 is 5.73 Å². The SMILES string of the molecule is CC1CC(N)CC(C(=O)N(C)C2CCCC2)C1. The van der Waals surface area contributed by atoms with Crippen molar-refractivity contribution in [1.82, 2.24) is 4.90 Å². The molecule has 0 radical (unpaired) electrons. The Kier molecular flexibility index (Phi) is 4.08. The molecule has 2 saturated carbocycles. The van der Waals surface area contributed by atoms with E-state index in [9.17, 15) is 4.79 Å². The summed E-state index contributed by atoms with van der Waals surface area (Å²) in [5, 5.41) is 0. The summed E-state index contributed by atoms with van der Waals surface area (Å²) >= 11 is 0. The van der Waals surface area contributed by atoms with Crippen LogP contribution in [-0.4, -0.2) is 29.9 Å². The summed E-state index contributed by atoms with van der Waals surface area (Å²) in [5.41, 5.74) is 6.04. The Labute approximate surface area is 105 Å². The van der Waals surface area contributed by atoms with Gasteiger partial charge in [-0.3, -0.25) is 4.79 Å². The molecule has 2 rings (SSSR count). The number of hydrogen-bond acceptors (Lipinski definition) is 2. The molecule has 3 atom stereocenters. The van der Waals surface area contributed by atoms with Gasteiger partial charge in [-0.25, -0.2) is 0 Å². The van der Waals surface area contributed by atoms with E-state index < -0.39 is 0 Å². The molecule has 0 aromatic heterocycles. The van der Waals surface area contributed by atoms with Gasteiger partial charge in [-0.1, -0.05) is 19.8 Å². The van der Waals surface area contributed by atoms with Gasteiger partial charge in [-0.2, -0.15) is 0 Å². The molecule has 3 heteroatoms. The average molecular weight is 238 g/mol. The molecule has 98 valence electrons. The van der Waals surface area contributed by atoms with Gasteiger partial charge in [0, 0.05) is 25.0 Å². The van der Waals surface area contributed by atoms with Crippen molar-refractivity contribution in [2.24, 2.45) is 17.6 Å². The second-order valence-corrected chi connectivity index (χ2v) is 6.16. The van der Waals surface area contributed by atoms with E-state index in [2.05, 4.69) is 6.92 Å². The molecule has 1 amide bonds. The Morgan fingerprint density at radius 3 is 2.41 bits per heavy atom. The van der Waals surface area contributed by atoms with E-state index in [-0.39, 0.29) is 12.0 Å². The Hall–Kier alpha value is -0.570. The van der Waals surface area contributed by atoms with Crippen LogP contribution >= 0.6 is 0 Å². The van der Waals surface area contributed by atoms with Crippen molar-refractivity contribution in [3.8, 4) is 0 Å². The van der Waals surface area contributed by atoms with Crippen LogP contribution in [0.2, 0.25) is 0 Å². The first kappa shape index (κ1) is 12.9. The molecule has 2 fully saturated rings. The number of rotatable bonds is 2. The summed E-state index contributed by atoms with van der Waals surface area (Å²) in [6.07, 6.45) is 7.94. The van der Waals surface area contributed by atoms with Crippen LogP contribution in [0.1, 0.15) is 51.9 Å². The van der Waals surface area contributed by atoms with E-state index in [1.807, 2.05) is 11.9 Å². The monoisotopic (exact) mass is 238 g/mol. The van der Waals surface area contributed by atoms with Gasteiger partial charge in [0.15, 0.2) is 0 Å². The highest BCUT2D eigenvalue weighted by Crippen LogP contribution is 2.31. The van der Waals surface area contributed by atoms with Crippen LogP contribution in [0.25, 0.3) is 0 Å². The van der Waals surface area contributed by atoms with E-state index in [4.69, 9.17) is 5.73 Å². The van der Waals surface area contributed by atoms with Gasteiger partial charge >= 0.3 is 0 Å². The maximum absolute atomic E-state index is 12.4. The predicted molar refractivity (Wildman–Crippen MR) is 69.5 cm³/mol. The van der Waals surface area contributed by atoms with Gasteiger partial charge in [0.05, 0.1) is 0 Å². The fraction of sp³-hybridized carbons (Fsp3) is 0.929. The number of hydrogen-bond donors (Lipinski definition) is 1. The summed E-state index contributed by atoms with van der Waals surface area (Å²) in [6.45, 7) is 2.22. The average Bonchev–Trinajstić information content (AvgIpc) is 2.79. The number of amides is 1. The van der Waals surface area contributed by atoms with Gasteiger partial charge in [-0.15, -0.1) is 0 Å². The van der Waals surface area contributed by atoms with Crippen LogP contribution in [0.15, 0.2) is 0 Å². The van der Waals surface area contributed by atoms with E-state index in [0.29, 0.717) is 17.9 Å². The molecule has 3 unspecified atom stereocenters. The van der Waals surface area contributed by atoms with Crippen LogP contribution in [0.3, 0.4) is 0 Å². The summed E-state index contributed by atoms with van der Waals surface area (Å²) in [7, 11) is 1.99. The smallest absolute Gasteiger partial charge is 0.225 e. The van der Waals surface area contributed by atoms with E-state index in [0.717, 1.165) is 19.3 Å². The fourth-order valence-electron chi connectivity index (χ4n) is 3.62. The van der Waals surface area contributed by atoms with Crippen molar-refractivity contribution >= 4 is 5.91 Å². The summed E-state index contributed by atoms with van der Waals surface area (Å²) in [5.74, 6) is 1.13. The molecule has 0 saturated heterocycles. The molecule has 0 aromatic carbocycles. The van der Waals surface area contributed by atoms with Crippen LogP contribution in [0, 0.1) is 11.8 Å². The zero-order valence-electron chi connectivity index (χ0n) is 11.2. The lowest BCUT2D eigenvalue weighted by Crippen LogP contribution is -2.44. The van der Waals surface area contributed by atoms with Crippen molar-refractivity contribution in [2.75, 3.05) is 7.05 Å². The summed E-state index contributed by atoms with van der Waals surface area (Å²) in [6, 6.07) is 0.723. The van der Waals surface area contributed by atoms with Crippen molar-refractivity contribution in [3.05, 3.63) is 0 Å². The molecule has 2 N–H and O–H groups in total. The predicted octanol–water partition coefficient (Wildman–Crippen LogP) is 2.15. The third kappa shape index (κ3) is 3.01. The maximum Gasteiger partial charge on any atom is 0.225 e. The molecule has 2 aliphatic carbocycles. The lowest BCUT2D eigenvalue weighted by Gasteiger charge is -2.35. The third-order valence-corrected chi connectivity index (χ3v) is 4.55. The van der Waals surface area contributed by atoms with Crippen LogP contribution in [-0.2, 0) is 4.79 Å². The molecule has 0 heterocycles. The fourth-order valence-corrected chi connectivity index (χ4v) is 3.62. The van der Waals surface area contributed by atoms with Gasteiger partial charge in [-0.05, 0) is 38.0 Å². The van der Waals surface area contributed by atoms with Gasteiger partial charge in [0.2, 0.25) is 5.91 Å². The second-order valence-electron chi connectivity index (χ2n) is 6.16. The molecule has 17 heavy (non-hydrogen) atoms. The largest absolute Gasteiger partial charge is 0.343 e. The molecule has 0 spiro atoms. The van der Waals surface area contributed by atoms with Gasteiger partial charge in [0.25, 0.3) is 0 Å². The zero-order valence-corrected chi connectivity index (χ0v) is 11.2. The minimum absolute atomic E-state index is 0.180. The van der Waals surface area contributed by atoms with Crippen molar-refractivity contribution in [3.63, 3.8) is 0 Å². The van der Waals surface area contributed by atoms with E-state index >= 15 is 0 Å². The van der Waals surface area contributed by atoms with E-state index in [1.165, 1.54) is 25.7 Å². The molecule has 0 bridgehead atoms. The lowest BCUT2D eigenvalue weighted by atomic mass is 9.79. The highest BCUT2D eigenvalue weighted by Gasteiger charge is 2.33. The molecule has 3 nitrogen and oxygen atoms in total. The summed E-state index contributed by atoms with van der Waals surface area (Å²) in [4.78, 5) is 14.5. The lowest BCUT2D eigenvalue weighted by molar-refractivity contribution is -0.138. The first-order chi connectivity index (χ1) is 8.08. The number of nitrogens with zero attached hydrogens (tertiary/aromatic N) is 1. The van der Waals surface area contributed by atoms with Crippen molar-refractivity contribution < 1.29 is 4.79 Å². The minimum Gasteiger partial charge on any atom is -0.343 e. The molecule has 2 aliphatic rings. The highest BCUT2D eigenvalue weighted by molar-refractivity contribution is 5.79. The van der Waals surface area contributed by atoms with Crippen LogP contribution in [0.4, 0.5) is 0 Å². The van der Waals surface area contributed by atoms with Crippen molar-refractivity contribution in [1.29, 1.82) is 0 Å². The normalized spacial score (nSPS) is 34.9. The molecule has 0 aromatic rings. The topological polar surface area (TPSA) is 46.3 Å². The first-order valence-corrected chi connectivity index (χ1v) is 7.10. The second kappa shape index (κ2) is 5.38. The minimum atomic E-state index is 0.180. The molecule has 0 aliphatic heterocycles. The Bertz CT molecular complexity index is 263. The van der Waals surface area contributed by atoms with Gasteiger partial charge < -0.3 is 10.6 Å². The number of carbonyl (C=O) groups excluding carboxylic acids is 1.